The summed E-state index contributed by atoms with van der Waals surface area (Å²) in [5.74, 6) is -1.73. The first kappa shape index (κ1) is 27.8. The number of anilines is 2. The monoisotopic (exact) mass is 679 g/mol. The molecule has 1 aliphatic heterocycles. The van der Waals surface area contributed by atoms with Crippen LogP contribution in [0.1, 0.15) is 11.1 Å². The molecular weight excluding hydrogens is 665 g/mol. The Morgan fingerprint density at radius 2 is 1.71 bits per heavy atom. The number of barbiturate groups is 1. The van der Waals surface area contributed by atoms with Crippen molar-refractivity contribution in [3.05, 3.63) is 90.3 Å². The number of benzene rings is 3. The summed E-state index contributed by atoms with van der Waals surface area (Å²) in [5, 5.41) is 5.60. The lowest BCUT2D eigenvalue weighted by atomic mass is 10.1. The van der Waals surface area contributed by atoms with Crippen LogP contribution in [0.15, 0.2) is 69.1 Å². The third-order valence-corrected chi connectivity index (χ3v) is 7.26. The molecule has 8 nitrogen and oxygen atoms in total. The van der Waals surface area contributed by atoms with Crippen LogP contribution >= 0.6 is 55.1 Å². The normalized spacial score (nSPS) is 14.5. The molecule has 3 aromatic rings. The van der Waals surface area contributed by atoms with E-state index in [0.717, 1.165) is 10.5 Å². The fourth-order valence-electron chi connectivity index (χ4n) is 3.47. The summed E-state index contributed by atoms with van der Waals surface area (Å²) in [6.07, 6.45) is 1.34. The van der Waals surface area contributed by atoms with Crippen molar-refractivity contribution >= 4 is 96.3 Å². The molecule has 4 rings (SSSR count). The average Bonchev–Trinajstić information content (AvgIpc) is 2.85. The summed E-state index contributed by atoms with van der Waals surface area (Å²) in [6.45, 7) is 1.48. The molecule has 1 aliphatic rings. The topological polar surface area (TPSA) is 105 Å². The number of ether oxygens (including phenoxy) is 1. The van der Waals surface area contributed by atoms with Crippen molar-refractivity contribution in [3.8, 4) is 5.75 Å². The van der Waals surface area contributed by atoms with E-state index in [0.29, 0.717) is 36.0 Å². The highest BCUT2D eigenvalue weighted by Gasteiger charge is 2.37. The van der Waals surface area contributed by atoms with E-state index < -0.39 is 23.8 Å². The van der Waals surface area contributed by atoms with Gasteiger partial charge in [0.05, 0.1) is 25.3 Å². The number of carbonyl (C=O) groups excluding carboxylic acids is 4. The quantitative estimate of drug-likeness (QED) is 0.228. The van der Waals surface area contributed by atoms with Crippen molar-refractivity contribution in [3.63, 3.8) is 0 Å². The van der Waals surface area contributed by atoms with Crippen molar-refractivity contribution in [2.24, 2.45) is 0 Å². The van der Waals surface area contributed by atoms with E-state index in [4.69, 9.17) is 27.9 Å². The first-order valence-corrected chi connectivity index (χ1v) is 13.2. The van der Waals surface area contributed by atoms with E-state index in [-0.39, 0.29) is 17.9 Å². The Kier molecular flexibility index (Phi) is 8.57. The molecule has 0 aromatic heterocycles. The van der Waals surface area contributed by atoms with Crippen molar-refractivity contribution in [1.29, 1.82) is 0 Å². The van der Waals surface area contributed by atoms with Gasteiger partial charge in [0.15, 0.2) is 6.61 Å². The Balaban J connectivity index is 1.54. The summed E-state index contributed by atoms with van der Waals surface area (Å²) in [6, 6.07) is 13.8. The second-order valence-electron chi connectivity index (χ2n) is 8.02. The maximum absolute atomic E-state index is 13.2. The van der Waals surface area contributed by atoms with E-state index in [1.807, 2.05) is 0 Å². The average molecular weight is 682 g/mol. The van der Waals surface area contributed by atoms with Gasteiger partial charge in [0, 0.05) is 5.02 Å². The van der Waals surface area contributed by atoms with Crippen molar-refractivity contribution in [1.82, 2.24) is 5.32 Å². The number of urea groups is 1. The minimum Gasteiger partial charge on any atom is -0.481 e. The van der Waals surface area contributed by atoms with Gasteiger partial charge < -0.3 is 10.1 Å². The molecule has 0 spiro atoms. The van der Waals surface area contributed by atoms with Gasteiger partial charge in [0.2, 0.25) is 0 Å². The third kappa shape index (κ3) is 6.10. The molecule has 0 atom stereocenters. The number of halogens is 4. The summed E-state index contributed by atoms with van der Waals surface area (Å²) in [5.41, 5.74) is 1.64. The summed E-state index contributed by atoms with van der Waals surface area (Å²) < 4.78 is 6.56. The molecule has 0 bridgehead atoms. The van der Waals surface area contributed by atoms with E-state index in [9.17, 15) is 19.2 Å². The fraction of sp³-hybridized carbons (Fsp3) is 0.0769. The second kappa shape index (κ2) is 11.7. The molecule has 0 saturated carbocycles. The Bertz CT molecular complexity index is 1500. The van der Waals surface area contributed by atoms with Crippen molar-refractivity contribution in [2.75, 3.05) is 16.8 Å². The van der Waals surface area contributed by atoms with Crippen LogP contribution in [0.2, 0.25) is 10.0 Å². The number of imide groups is 2. The number of nitrogens with zero attached hydrogens (tertiary/aromatic N) is 1. The van der Waals surface area contributed by atoms with Gasteiger partial charge >= 0.3 is 6.03 Å². The van der Waals surface area contributed by atoms with Gasteiger partial charge in [-0.2, -0.15) is 0 Å². The van der Waals surface area contributed by atoms with Crippen molar-refractivity contribution < 1.29 is 23.9 Å². The molecular formula is C26H17Br2Cl2N3O5. The summed E-state index contributed by atoms with van der Waals surface area (Å²) >= 11 is 19.0. The van der Waals surface area contributed by atoms with Gasteiger partial charge in [-0.15, -0.1) is 0 Å². The minimum atomic E-state index is -0.877. The van der Waals surface area contributed by atoms with Gasteiger partial charge in [-0.1, -0.05) is 41.4 Å². The van der Waals surface area contributed by atoms with Crippen LogP contribution in [0, 0.1) is 6.92 Å². The van der Waals surface area contributed by atoms with Gasteiger partial charge in [0.25, 0.3) is 17.7 Å². The molecule has 12 heteroatoms. The number of rotatable bonds is 6. The lowest BCUT2D eigenvalue weighted by Gasteiger charge is -2.26. The van der Waals surface area contributed by atoms with E-state index in [1.165, 1.54) is 12.1 Å². The Hall–Kier alpha value is -3.18. The van der Waals surface area contributed by atoms with Gasteiger partial charge in [-0.05, 0) is 92.4 Å². The second-order valence-corrected chi connectivity index (χ2v) is 10.5. The predicted octanol–water partition coefficient (Wildman–Crippen LogP) is 6.51. The number of carbonyl (C=O) groups is 4. The Morgan fingerprint density at radius 1 is 1.03 bits per heavy atom. The zero-order valence-electron chi connectivity index (χ0n) is 19.5. The van der Waals surface area contributed by atoms with Crippen LogP contribution in [-0.4, -0.2) is 30.4 Å². The molecule has 3 aromatic carbocycles. The minimum absolute atomic E-state index is 0.225. The molecule has 2 N–H and O–H groups in total. The molecule has 5 amide bonds. The molecule has 1 fully saturated rings. The summed E-state index contributed by atoms with van der Waals surface area (Å²) in [4.78, 5) is 51.3. The highest BCUT2D eigenvalue weighted by molar-refractivity contribution is 9.11. The van der Waals surface area contributed by atoms with Crippen LogP contribution in [-0.2, 0) is 14.4 Å². The van der Waals surface area contributed by atoms with Crippen LogP contribution in [0.25, 0.3) is 6.08 Å². The molecule has 38 heavy (non-hydrogen) atoms. The third-order valence-electron chi connectivity index (χ3n) is 5.34. The predicted molar refractivity (Wildman–Crippen MR) is 153 cm³/mol. The zero-order valence-corrected chi connectivity index (χ0v) is 24.2. The van der Waals surface area contributed by atoms with Crippen LogP contribution in [0.4, 0.5) is 16.2 Å². The maximum Gasteiger partial charge on any atom is 0.335 e. The number of hydrogen-bond donors (Lipinski definition) is 2. The van der Waals surface area contributed by atoms with Crippen LogP contribution < -0.4 is 20.3 Å². The number of para-hydroxylation sites is 1. The number of nitrogens with one attached hydrogen (secondary N) is 2. The number of aryl methyl sites for hydroxylation is 1. The SMILES string of the molecule is Cc1ccc(N2C(=O)NC(=O)/C(=C\c3cc(Br)c(OCC(=O)Nc4ccccc4Cl)c(Br)c3)C2=O)cc1Cl. The van der Waals surface area contributed by atoms with E-state index >= 15 is 0 Å². The van der Waals surface area contributed by atoms with E-state index in [1.54, 1.807) is 55.5 Å². The molecule has 0 radical (unpaired) electrons. The van der Waals surface area contributed by atoms with Gasteiger partial charge in [-0.3, -0.25) is 19.7 Å². The van der Waals surface area contributed by atoms with Gasteiger partial charge in [0.1, 0.15) is 11.3 Å². The smallest absolute Gasteiger partial charge is 0.335 e. The largest absolute Gasteiger partial charge is 0.481 e. The first-order chi connectivity index (χ1) is 18.0. The number of hydrogen-bond acceptors (Lipinski definition) is 5. The number of amides is 5. The Labute approximate surface area is 244 Å². The lowest BCUT2D eigenvalue weighted by Crippen LogP contribution is -2.54. The molecule has 0 aliphatic carbocycles. The Morgan fingerprint density at radius 3 is 2.37 bits per heavy atom. The fourth-order valence-corrected chi connectivity index (χ4v) is 5.28. The van der Waals surface area contributed by atoms with Crippen LogP contribution in [0.5, 0.6) is 5.75 Å². The first-order valence-electron chi connectivity index (χ1n) is 10.9. The lowest BCUT2D eigenvalue weighted by molar-refractivity contribution is -0.122. The van der Waals surface area contributed by atoms with Crippen LogP contribution in [0.3, 0.4) is 0 Å². The molecule has 194 valence electrons. The highest BCUT2D eigenvalue weighted by atomic mass is 79.9. The molecule has 1 heterocycles. The van der Waals surface area contributed by atoms with E-state index in [2.05, 4.69) is 42.5 Å². The molecule has 0 unspecified atom stereocenters. The van der Waals surface area contributed by atoms with Crippen molar-refractivity contribution in [2.45, 2.75) is 6.92 Å². The maximum atomic E-state index is 13.2. The highest BCUT2D eigenvalue weighted by Crippen LogP contribution is 2.36. The summed E-state index contributed by atoms with van der Waals surface area (Å²) in [7, 11) is 0. The molecule has 1 saturated heterocycles. The zero-order chi connectivity index (χ0) is 27.6. The standard InChI is InChI=1S/C26H17Br2Cl2N3O5/c1-13-6-7-15(11-20(13)30)33-25(36)16(24(35)32-26(33)37)8-14-9-17(27)23(18(28)10-14)38-12-22(34)31-21-5-3-2-4-19(21)29/h2-11H,12H2,1H3,(H,31,34)(H,32,35,37)/b16-8+. The van der Waals surface area contributed by atoms with Gasteiger partial charge in [-0.25, -0.2) is 9.69 Å².